The van der Waals surface area contributed by atoms with Crippen molar-refractivity contribution in [3.05, 3.63) is 59.7 Å². The Balaban J connectivity index is 2.07. The van der Waals surface area contributed by atoms with E-state index in [0.29, 0.717) is 5.56 Å². The highest BCUT2D eigenvalue weighted by Gasteiger charge is 2.28. The Hall–Kier alpha value is -2.59. The van der Waals surface area contributed by atoms with Gasteiger partial charge in [-0.15, -0.1) is 0 Å². The van der Waals surface area contributed by atoms with E-state index < -0.39 is 28.7 Å². The lowest BCUT2D eigenvalue weighted by atomic mass is 10.2. The third-order valence-electron chi connectivity index (χ3n) is 4.25. The zero-order valence-corrected chi connectivity index (χ0v) is 17.5. The van der Waals surface area contributed by atoms with Crippen LogP contribution < -0.4 is 10.1 Å². The zero-order chi connectivity index (χ0) is 22.5. The molecule has 10 heteroatoms. The first-order valence-electron chi connectivity index (χ1n) is 9.05. The van der Waals surface area contributed by atoms with Gasteiger partial charge in [0.1, 0.15) is 5.75 Å². The normalized spacial score (nSPS) is 12.3. The summed E-state index contributed by atoms with van der Waals surface area (Å²) in [5.74, 6) is -0.482. The lowest BCUT2D eigenvalue weighted by Gasteiger charge is -2.21. The number of alkyl halides is 3. The molecule has 0 heterocycles. The van der Waals surface area contributed by atoms with Crippen LogP contribution in [0.1, 0.15) is 29.8 Å². The number of nitrogens with one attached hydrogen (secondary N) is 1. The number of rotatable bonds is 8. The van der Waals surface area contributed by atoms with Crippen molar-refractivity contribution in [3.63, 3.8) is 0 Å². The number of benzene rings is 2. The molecule has 164 valence electrons. The van der Waals surface area contributed by atoms with Crippen LogP contribution in [0.2, 0.25) is 0 Å². The Morgan fingerprint density at radius 2 is 1.80 bits per heavy atom. The Bertz CT molecular complexity index is 992. The van der Waals surface area contributed by atoms with E-state index >= 15 is 0 Å². The molecule has 1 amide bonds. The molecule has 2 rings (SSSR count). The standard InChI is InChI=1S/C20H23F3N2O4S/c1-14(2)25(3)30(27,28)18-9-5-7-16(11-18)19(26)24-12-15-6-4-8-17(10-15)29-13-20(21,22)23/h4-11,14H,12-13H2,1-3H3,(H,24,26). The number of amides is 1. The first kappa shape index (κ1) is 23.7. The molecule has 2 aromatic carbocycles. The van der Waals surface area contributed by atoms with Gasteiger partial charge in [-0.05, 0) is 49.7 Å². The molecule has 30 heavy (non-hydrogen) atoms. The molecular weight excluding hydrogens is 421 g/mol. The van der Waals surface area contributed by atoms with Gasteiger partial charge >= 0.3 is 6.18 Å². The fourth-order valence-corrected chi connectivity index (χ4v) is 3.85. The SMILES string of the molecule is CC(C)N(C)S(=O)(=O)c1cccc(C(=O)NCc2cccc(OCC(F)(F)F)c2)c1. The molecule has 0 saturated carbocycles. The quantitative estimate of drug-likeness (QED) is 0.675. The highest BCUT2D eigenvalue weighted by molar-refractivity contribution is 7.89. The van der Waals surface area contributed by atoms with Crippen molar-refractivity contribution in [2.24, 2.45) is 0 Å². The Morgan fingerprint density at radius 3 is 2.43 bits per heavy atom. The highest BCUT2D eigenvalue weighted by Crippen LogP contribution is 2.20. The van der Waals surface area contributed by atoms with E-state index in [4.69, 9.17) is 0 Å². The number of carbonyl (C=O) groups is 1. The summed E-state index contributed by atoms with van der Waals surface area (Å²) in [4.78, 5) is 12.4. The van der Waals surface area contributed by atoms with Crippen molar-refractivity contribution < 1.29 is 31.1 Å². The number of carbonyl (C=O) groups excluding carboxylic acids is 1. The maximum Gasteiger partial charge on any atom is 0.422 e. The topological polar surface area (TPSA) is 75.7 Å². The molecule has 0 spiro atoms. The predicted molar refractivity (Wildman–Crippen MR) is 106 cm³/mol. The molecule has 0 aliphatic rings. The summed E-state index contributed by atoms with van der Waals surface area (Å²) in [6.45, 7) is 2.10. The average Bonchev–Trinajstić information content (AvgIpc) is 2.69. The largest absolute Gasteiger partial charge is 0.484 e. The minimum absolute atomic E-state index is 0.00565. The van der Waals surface area contributed by atoms with Gasteiger partial charge in [0.2, 0.25) is 10.0 Å². The zero-order valence-electron chi connectivity index (χ0n) is 16.7. The Kier molecular flexibility index (Phi) is 7.49. The van der Waals surface area contributed by atoms with E-state index in [1.54, 1.807) is 19.9 Å². The molecule has 0 bridgehead atoms. The molecule has 0 unspecified atom stereocenters. The molecule has 0 radical (unpaired) electrons. The van der Waals surface area contributed by atoms with Gasteiger partial charge in [0, 0.05) is 25.2 Å². The number of ether oxygens (including phenoxy) is 1. The van der Waals surface area contributed by atoms with Crippen molar-refractivity contribution in [1.82, 2.24) is 9.62 Å². The number of sulfonamides is 1. The van der Waals surface area contributed by atoms with E-state index in [-0.39, 0.29) is 28.8 Å². The Labute approximate surface area is 173 Å². The first-order chi connectivity index (χ1) is 13.9. The Morgan fingerprint density at radius 1 is 1.13 bits per heavy atom. The summed E-state index contributed by atoms with van der Waals surface area (Å²) in [6.07, 6.45) is -4.45. The van der Waals surface area contributed by atoms with Gasteiger partial charge in [-0.25, -0.2) is 8.42 Å². The van der Waals surface area contributed by atoms with Gasteiger partial charge in [0.25, 0.3) is 5.91 Å². The fraction of sp³-hybridized carbons (Fsp3) is 0.350. The monoisotopic (exact) mass is 444 g/mol. The molecule has 0 aliphatic heterocycles. The van der Waals surface area contributed by atoms with E-state index in [1.807, 2.05) is 0 Å². The smallest absolute Gasteiger partial charge is 0.422 e. The lowest BCUT2D eigenvalue weighted by Crippen LogP contribution is -2.33. The van der Waals surface area contributed by atoms with Crippen LogP contribution in [0.25, 0.3) is 0 Å². The van der Waals surface area contributed by atoms with Crippen LogP contribution in [-0.2, 0) is 16.6 Å². The van der Waals surface area contributed by atoms with E-state index in [9.17, 15) is 26.4 Å². The van der Waals surface area contributed by atoms with Crippen LogP contribution in [0.5, 0.6) is 5.75 Å². The van der Waals surface area contributed by atoms with Crippen molar-refractivity contribution in [2.75, 3.05) is 13.7 Å². The maximum atomic E-state index is 12.6. The fourth-order valence-electron chi connectivity index (χ4n) is 2.44. The number of halogens is 3. The third kappa shape index (κ3) is 6.46. The van der Waals surface area contributed by atoms with Gasteiger partial charge in [-0.3, -0.25) is 4.79 Å². The minimum atomic E-state index is -4.45. The van der Waals surface area contributed by atoms with E-state index in [0.717, 1.165) is 0 Å². The second-order valence-corrected chi connectivity index (χ2v) is 8.87. The molecule has 2 aromatic rings. The molecular formula is C20H23F3N2O4S. The summed E-state index contributed by atoms with van der Waals surface area (Å²) in [5, 5.41) is 2.62. The predicted octanol–water partition coefficient (Wildman–Crippen LogP) is 3.59. The lowest BCUT2D eigenvalue weighted by molar-refractivity contribution is -0.153. The number of hydrogen-bond acceptors (Lipinski definition) is 4. The van der Waals surface area contributed by atoms with Gasteiger partial charge in [-0.2, -0.15) is 17.5 Å². The van der Waals surface area contributed by atoms with Crippen LogP contribution in [0.4, 0.5) is 13.2 Å². The van der Waals surface area contributed by atoms with Gasteiger partial charge in [0.05, 0.1) is 4.90 Å². The molecule has 1 N–H and O–H groups in total. The first-order valence-corrected chi connectivity index (χ1v) is 10.5. The van der Waals surface area contributed by atoms with Crippen LogP contribution in [0.15, 0.2) is 53.4 Å². The van der Waals surface area contributed by atoms with Crippen LogP contribution in [-0.4, -0.2) is 44.5 Å². The summed E-state index contributed by atoms with van der Waals surface area (Å²) in [7, 11) is -2.28. The van der Waals surface area contributed by atoms with Crippen molar-refractivity contribution >= 4 is 15.9 Å². The van der Waals surface area contributed by atoms with Gasteiger partial charge in [0.15, 0.2) is 6.61 Å². The van der Waals surface area contributed by atoms with Crippen molar-refractivity contribution in [2.45, 2.75) is 37.5 Å². The van der Waals surface area contributed by atoms with Crippen LogP contribution in [0, 0.1) is 0 Å². The molecule has 0 atom stereocenters. The molecule has 0 aliphatic carbocycles. The molecule has 0 aromatic heterocycles. The van der Waals surface area contributed by atoms with Gasteiger partial charge in [-0.1, -0.05) is 18.2 Å². The van der Waals surface area contributed by atoms with Crippen LogP contribution >= 0.6 is 0 Å². The second kappa shape index (κ2) is 9.48. The van der Waals surface area contributed by atoms with Crippen molar-refractivity contribution in [3.8, 4) is 5.75 Å². The number of nitrogens with zero attached hydrogens (tertiary/aromatic N) is 1. The second-order valence-electron chi connectivity index (χ2n) is 6.88. The van der Waals surface area contributed by atoms with Gasteiger partial charge < -0.3 is 10.1 Å². The van der Waals surface area contributed by atoms with E-state index in [2.05, 4.69) is 10.1 Å². The highest BCUT2D eigenvalue weighted by atomic mass is 32.2. The average molecular weight is 444 g/mol. The molecule has 0 fully saturated rings. The summed E-state index contributed by atoms with van der Waals surface area (Å²) in [5.41, 5.74) is 0.684. The number of hydrogen-bond donors (Lipinski definition) is 1. The maximum absolute atomic E-state index is 12.6. The van der Waals surface area contributed by atoms with Crippen molar-refractivity contribution in [1.29, 1.82) is 0 Å². The summed E-state index contributed by atoms with van der Waals surface area (Å²) >= 11 is 0. The van der Waals surface area contributed by atoms with Crippen LogP contribution in [0.3, 0.4) is 0 Å². The third-order valence-corrected chi connectivity index (χ3v) is 6.28. The summed E-state index contributed by atoms with van der Waals surface area (Å²) < 4.78 is 67.9. The summed E-state index contributed by atoms with van der Waals surface area (Å²) in [6, 6.07) is 11.3. The van der Waals surface area contributed by atoms with E-state index in [1.165, 1.54) is 53.8 Å². The minimum Gasteiger partial charge on any atom is -0.484 e. The molecule has 6 nitrogen and oxygen atoms in total. The molecule has 0 saturated heterocycles.